The molecule has 0 spiro atoms. The summed E-state index contributed by atoms with van der Waals surface area (Å²) in [7, 11) is 0. The Morgan fingerprint density at radius 1 is 1.31 bits per heavy atom. The van der Waals surface area contributed by atoms with Crippen LogP contribution in [0.4, 0.5) is 9.59 Å². The molecule has 1 aliphatic heterocycles. The summed E-state index contributed by atoms with van der Waals surface area (Å²) < 4.78 is 5.02. The van der Waals surface area contributed by atoms with Gasteiger partial charge in [-0.3, -0.25) is 10.2 Å². The normalized spacial score (nSPS) is 17.7. The number of hydrogen-bond acceptors (Lipinski definition) is 4. The van der Waals surface area contributed by atoms with Gasteiger partial charge in [0.1, 0.15) is 0 Å². The average Bonchev–Trinajstić information content (AvgIpc) is 2.29. The van der Waals surface area contributed by atoms with Gasteiger partial charge in [-0.25, -0.2) is 14.7 Å². The van der Waals surface area contributed by atoms with Crippen LogP contribution in [0.5, 0.6) is 0 Å². The summed E-state index contributed by atoms with van der Waals surface area (Å²) in [4.78, 5) is 26.4. The summed E-state index contributed by atoms with van der Waals surface area (Å²) in [6.45, 7) is 1.37. The summed E-state index contributed by atoms with van der Waals surface area (Å²) in [5, 5.41) is 2.90. The SMILES string of the molecule is NC(=O)NC(=O)N1CCOCCO1. The predicted octanol–water partition coefficient (Wildman–Crippen LogP) is -0.962. The van der Waals surface area contributed by atoms with Gasteiger partial charge < -0.3 is 10.5 Å². The molecule has 7 heteroatoms. The fourth-order valence-corrected chi connectivity index (χ4v) is 0.848. The first kappa shape index (κ1) is 9.75. The van der Waals surface area contributed by atoms with Crippen molar-refractivity contribution in [3.63, 3.8) is 0 Å². The standard InChI is InChI=1S/C6H11N3O4/c7-5(10)8-6(11)9-1-2-12-3-4-13-9/h1-4H2,(H3,7,8,10,11). The molecule has 7 nitrogen and oxygen atoms in total. The maximum atomic E-state index is 11.1. The van der Waals surface area contributed by atoms with Crippen LogP contribution >= 0.6 is 0 Å². The molecule has 74 valence electrons. The third-order valence-corrected chi connectivity index (χ3v) is 1.37. The zero-order valence-corrected chi connectivity index (χ0v) is 6.99. The van der Waals surface area contributed by atoms with Crippen molar-refractivity contribution in [2.75, 3.05) is 26.4 Å². The largest absolute Gasteiger partial charge is 0.377 e. The minimum atomic E-state index is -0.904. The highest BCUT2D eigenvalue weighted by atomic mass is 16.7. The number of hydrogen-bond donors (Lipinski definition) is 2. The molecule has 0 aliphatic carbocycles. The number of hydroxylamine groups is 2. The highest BCUT2D eigenvalue weighted by molar-refractivity contribution is 5.92. The molecule has 0 unspecified atom stereocenters. The quantitative estimate of drug-likeness (QED) is 0.513. The Hall–Kier alpha value is -1.34. The summed E-state index contributed by atoms with van der Waals surface area (Å²) in [5.41, 5.74) is 4.75. The second kappa shape index (κ2) is 4.63. The molecule has 0 aromatic carbocycles. The maximum absolute atomic E-state index is 11.1. The van der Waals surface area contributed by atoms with Crippen molar-refractivity contribution in [2.24, 2.45) is 5.73 Å². The molecule has 3 N–H and O–H groups in total. The second-order valence-electron chi connectivity index (χ2n) is 2.34. The van der Waals surface area contributed by atoms with E-state index in [2.05, 4.69) is 0 Å². The first-order valence-electron chi connectivity index (χ1n) is 3.79. The van der Waals surface area contributed by atoms with E-state index >= 15 is 0 Å². The fraction of sp³-hybridized carbons (Fsp3) is 0.667. The van der Waals surface area contributed by atoms with E-state index in [0.29, 0.717) is 13.2 Å². The number of imide groups is 1. The van der Waals surface area contributed by atoms with Crippen LogP contribution in [0.15, 0.2) is 0 Å². The van der Waals surface area contributed by atoms with Crippen molar-refractivity contribution in [2.45, 2.75) is 0 Å². The number of ether oxygens (including phenoxy) is 1. The van der Waals surface area contributed by atoms with Crippen molar-refractivity contribution < 1.29 is 19.2 Å². The van der Waals surface area contributed by atoms with Crippen molar-refractivity contribution in [1.82, 2.24) is 10.4 Å². The summed E-state index contributed by atoms with van der Waals surface area (Å²) in [6, 6.07) is -1.57. The topological polar surface area (TPSA) is 93.9 Å². The molecule has 4 amide bonds. The second-order valence-corrected chi connectivity index (χ2v) is 2.34. The van der Waals surface area contributed by atoms with Crippen molar-refractivity contribution in [1.29, 1.82) is 0 Å². The van der Waals surface area contributed by atoms with Crippen LogP contribution in [-0.4, -0.2) is 43.5 Å². The smallest absolute Gasteiger partial charge is 0.349 e. The van der Waals surface area contributed by atoms with E-state index in [1.807, 2.05) is 5.32 Å². The molecule has 1 rings (SSSR count). The van der Waals surface area contributed by atoms with Gasteiger partial charge in [-0.05, 0) is 0 Å². The molecule has 13 heavy (non-hydrogen) atoms. The van der Waals surface area contributed by atoms with E-state index in [1.165, 1.54) is 0 Å². The Morgan fingerprint density at radius 2 is 2.08 bits per heavy atom. The minimum Gasteiger partial charge on any atom is -0.377 e. The number of primary amides is 1. The fourth-order valence-electron chi connectivity index (χ4n) is 0.848. The van der Waals surface area contributed by atoms with E-state index in [4.69, 9.17) is 15.3 Å². The molecule has 0 saturated carbocycles. The van der Waals surface area contributed by atoms with Gasteiger partial charge in [0.2, 0.25) is 0 Å². The van der Waals surface area contributed by atoms with Crippen LogP contribution in [0.2, 0.25) is 0 Å². The molecule has 1 fully saturated rings. The van der Waals surface area contributed by atoms with E-state index in [-0.39, 0.29) is 13.2 Å². The third kappa shape index (κ3) is 3.26. The van der Waals surface area contributed by atoms with Gasteiger partial charge in [-0.1, -0.05) is 0 Å². The van der Waals surface area contributed by atoms with Crippen molar-refractivity contribution in [3.8, 4) is 0 Å². The van der Waals surface area contributed by atoms with Crippen molar-refractivity contribution >= 4 is 12.1 Å². The zero-order chi connectivity index (χ0) is 9.68. The highest BCUT2D eigenvalue weighted by Gasteiger charge is 2.17. The lowest BCUT2D eigenvalue weighted by atomic mass is 10.6. The van der Waals surface area contributed by atoms with E-state index in [0.717, 1.165) is 5.06 Å². The number of rotatable bonds is 0. The Balaban J connectivity index is 2.39. The molecule has 0 aromatic heterocycles. The third-order valence-electron chi connectivity index (χ3n) is 1.37. The van der Waals surface area contributed by atoms with Gasteiger partial charge in [-0.2, -0.15) is 0 Å². The van der Waals surface area contributed by atoms with Gasteiger partial charge in [-0.15, -0.1) is 0 Å². The van der Waals surface area contributed by atoms with Crippen LogP contribution in [0, 0.1) is 0 Å². The zero-order valence-electron chi connectivity index (χ0n) is 6.99. The van der Waals surface area contributed by atoms with Crippen molar-refractivity contribution in [3.05, 3.63) is 0 Å². The lowest BCUT2D eigenvalue weighted by Crippen LogP contribution is -2.45. The Labute approximate surface area is 74.7 Å². The van der Waals surface area contributed by atoms with Gasteiger partial charge in [0.25, 0.3) is 0 Å². The summed E-state index contributed by atoms with van der Waals surface area (Å²) >= 11 is 0. The predicted molar refractivity (Wildman–Crippen MR) is 41.6 cm³/mol. The molecule has 0 atom stereocenters. The molecule has 1 heterocycles. The minimum absolute atomic E-state index is 0.277. The van der Waals surface area contributed by atoms with E-state index < -0.39 is 12.1 Å². The number of nitrogens with two attached hydrogens (primary N) is 1. The Kier molecular flexibility index (Phi) is 3.47. The molecular formula is C6H11N3O4. The number of nitrogens with zero attached hydrogens (tertiary/aromatic N) is 1. The lowest BCUT2D eigenvalue weighted by molar-refractivity contribution is -0.104. The van der Waals surface area contributed by atoms with Gasteiger partial charge in [0.15, 0.2) is 0 Å². The Morgan fingerprint density at radius 3 is 2.77 bits per heavy atom. The summed E-state index contributed by atoms with van der Waals surface area (Å²) in [6.07, 6.45) is 0. The molecule has 0 radical (unpaired) electrons. The van der Waals surface area contributed by atoms with Gasteiger partial charge in [0.05, 0.1) is 26.4 Å². The average molecular weight is 189 g/mol. The van der Waals surface area contributed by atoms with Crippen LogP contribution in [0.3, 0.4) is 0 Å². The number of urea groups is 2. The molecule has 0 aromatic rings. The van der Waals surface area contributed by atoms with Crippen LogP contribution in [0.1, 0.15) is 0 Å². The van der Waals surface area contributed by atoms with Crippen LogP contribution in [-0.2, 0) is 9.57 Å². The monoisotopic (exact) mass is 189 g/mol. The molecule has 1 aliphatic rings. The molecule has 0 bridgehead atoms. The number of nitrogens with one attached hydrogen (secondary N) is 1. The number of carbonyl (C=O) groups is 2. The maximum Gasteiger partial charge on any atom is 0.349 e. The Bertz CT molecular complexity index is 200. The first-order valence-corrected chi connectivity index (χ1v) is 3.79. The molecule has 1 saturated heterocycles. The number of carbonyl (C=O) groups excluding carboxylic acids is 2. The number of amides is 4. The van der Waals surface area contributed by atoms with E-state index in [1.54, 1.807) is 0 Å². The lowest BCUT2D eigenvalue weighted by Gasteiger charge is -2.17. The highest BCUT2D eigenvalue weighted by Crippen LogP contribution is 1.96. The molecular weight excluding hydrogens is 178 g/mol. The van der Waals surface area contributed by atoms with Crippen LogP contribution < -0.4 is 11.1 Å². The van der Waals surface area contributed by atoms with Crippen LogP contribution in [0.25, 0.3) is 0 Å². The summed E-state index contributed by atoms with van der Waals surface area (Å²) in [5.74, 6) is 0. The van der Waals surface area contributed by atoms with Gasteiger partial charge >= 0.3 is 12.1 Å². The van der Waals surface area contributed by atoms with Gasteiger partial charge in [0, 0.05) is 0 Å². The first-order chi connectivity index (χ1) is 6.20. The van der Waals surface area contributed by atoms with E-state index in [9.17, 15) is 9.59 Å².